The van der Waals surface area contributed by atoms with Gasteiger partial charge in [-0.05, 0) is 25.8 Å². The number of hydrogen-bond donors (Lipinski definition) is 0. The molecule has 15 heavy (non-hydrogen) atoms. The van der Waals surface area contributed by atoms with E-state index in [0.29, 0.717) is 25.6 Å². The minimum atomic E-state index is -4.05. The molecule has 0 aromatic heterocycles. The zero-order valence-corrected chi connectivity index (χ0v) is 8.56. The molecule has 0 saturated heterocycles. The fourth-order valence-corrected chi connectivity index (χ4v) is 1.59. The largest absolute Gasteiger partial charge is 0.389 e. The lowest BCUT2D eigenvalue weighted by molar-refractivity contribution is -0.136. The molecule has 1 aliphatic carbocycles. The van der Waals surface area contributed by atoms with Gasteiger partial charge in [0.15, 0.2) is 0 Å². The summed E-state index contributed by atoms with van der Waals surface area (Å²) in [6.45, 7) is 1.07. The molecular formula is C10H15F3N2. The first kappa shape index (κ1) is 12.3. The Bertz CT molecular complexity index is 228. The van der Waals surface area contributed by atoms with Gasteiger partial charge in [-0.1, -0.05) is 0 Å². The average Bonchev–Trinajstić information content (AvgIpc) is 2.92. The number of nitrogens with zero attached hydrogens (tertiary/aromatic N) is 2. The monoisotopic (exact) mass is 220 g/mol. The average molecular weight is 220 g/mol. The lowest BCUT2D eigenvalue weighted by Crippen LogP contribution is -2.29. The highest BCUT2D eigenvalue weighted by atomic mass is 19.4. The van der Waals surface area contributed by atoms with E-state index in [2.05, 4.69) is 0 Å². The summed E-state index contributed by atoms with van der Waals surface area (Å²) in [7, 11) is 0. The SMILES string of the molecule is N#CCCN(CCCC(F)(F)F)C1CC1. The highest BCUT2D eigenvalue weighted by Crippen LogP contribution is 2.28. The summed E-state index contributed by atoms with van der Waals surface area (Å²) in [5, 5.41) is 8.42. The Kier molecular flexibility index (Phi) is 4.40. The molecule has 0 aromatic carbocycles. The third-order valence-corrected chi connectivity index (χ3v) is 2.48. The Hall–Kier alpha value is -0.760. The molecule has 2 nitrogen and oxygen atoms in total. The van der Waals surface area contributed by atoms with Crippen molar-refractivity contribution in [3.8, 4) is 6.07 Å². The first-order valence-corrected chi connectivity index (χ1v) is 5.20. The smallest absolute Gasteiger partial charge is 0.299 e. The fourth-order valence-electron chi connectivity index (χ4n) is 1.59. The molecule has 0 aromatic rings. The van der Waals surface area contributed by atoms with Crippen LogP contribution in [0.2, 0.25) is 0 Å². The van der Waals surface area contributed by atoms with E-state index in [9.17, 15) is 13.2 Å². The predicted molar refractivity (Wildman–Crippen MR) is 50.1 cm³/mol. The Morgan fingerprint density at radius 1 is 1.27 bits per heavy atom. The normalized spacial score (nSPS) is 16.7. The topological polar surface area (TPSA) is 27.0 Å². The molecule has 86 valence electrons. The van der Waals surface area contributed by atoms with Crippen LogP contribution < -0.4 is 0 Å². The van der Waals surface area contributed by atoms with Gasteiger partial charge in [-0.3, -0.25) is 4.90 Å². The van der Waals surface area contributed by atoms with Gasteiger partial charge < -0.3 is 0 Å². The number of hydrogen-bond acceptors (Lipinski definition) is 2. The van der Waals surface area contributed by atoms with Crippen LogP contribution in [0.15, 0.2) is 0 Å². The zero-order valence-electron chi connectivity index (χ0n) is 8.56. The highest BCUT2D eigenvalue weighted by molar-refractivity contribution is 4.86. The number of nitriles is 1. The number of halogens is 3. The molecule has 1 saturated carbocycles. The van der Waals surface area contributed by atoms with Crippen molar-refractivity contribution in [1.29, 1.82) is 5.26 Å². The van der Waals surface area contributed by atoms with Gasteiger partial charge >= 0.3 is 6.18 Å². The third kappa shape index (κ3) is 5.63. The van der Waals surface area contributed by atoms with E-state index in [1.807, 2.05) is 11.0 Å². The van der Waals surface area contributed by atoms with Crippen LogP contribution in [0.25, 0.3) is 0 Å². The maximum absolute atomic E-state index is 11.9. The van der Waals surface area contributed by atoms with E-state index >= 15 is 0 Å². The van der Waals surface area contributed by atoms with Gasteiger partial charge in [0, 0.05) is 25.4 Å². The van der Waals surface area contributed by atoms with Crippen molar-refractivity contribution in [3.05, 3.63) is 0 Å². The van der Waals surface area contributed by atoms with Crippen molar-refractivity contribution in [3.63, 3.8) is 0 Å². The van der Waals surface area contributed by atoms with E-state index in [1.165, 1.54) is 0 Å². The molecule has 0 unspecified atom stereocenters. The minimum Gasteiger partial charge on any atom is -0.299 e. The van der Waals surface area contributed by atoms with Gasteiger partial charge in [-0.25, -0.2) is 0 Å². The van der Waals surface area contributed by atoms with Gasteiger partial charge in [-0.15, -0.1) is 0 Å². The first-order chi connectivity index (χ1) is 7.03. The van der Waals surface area contributed by atoms with Crippen molar-refractivity contribution in [2.24, 2.45) is 0 Å². The summed E-state index contributed by atoms with van der Waals surface area (Å²) in [5.74, 6) is 0. The van der Waals surface area contributed by atoms with E-state index in [0.717, 1.165) is 12.8 Å². The molecule has 1 aliphatic rings. The minimum absolute atomic E-state index is 0.144. The fraction of sp³-hybridized carbons (Fsp3) is 0.900. The van der Waals surface area contributed by atoms with Crippen molar-refractivity contribution < 1.29 is 13.2 Å². The molecule has 0 heterocycles. The summed E-state index contributed by atoms with van der Waals surface area (Å²) in [6, 6.07) is 2.46. The Labute approximate surface area is 87.7 Å². The molecule has 0 atom stereocenters. The maximum Gasteiger partial charge on any atom is 0.389 e. The van der Waals surface area contributed by atoms with Crippen LogP contribution >= 0.6 is 0 Å². The molecule has 0 spiro atoms. The molecule has 0 radical (unpaired) electrons. The summed E-state index contributed by atoms with van der Waals surface area (Å²) < 4.78 is 35.7. The van der Waals surface area contributed by atoms with Crippen LogP contribution in [0.5, 0.6) is 0 Å². The molecule has 0 amide bonds. The van der Waals surface area contributed by atoms with Crippen LogP contribution in [0.1, 0.15) is 32.1 Å². The van der Waals surface area contributed by atoms with Crippen LogP contribution in [-0.2, 0) is 0 Å². The second-order valence-electron chi connectivity index (χ2n) is 3.89. The summed E-state index contributed by atoms with van der Waals surface area (Å²) >= 11 is 0. The van der Waals surface area contributed by atoms with Crippen molar-refractivity contribution in [2.75, 3.05) is 13.1 Å². The Morgan fingerprint density at radius 2 is 1.93 bits per heavy atom. The third-order valence-electron chi connectivity index (χ3n) is 2.48. The lowest BCUT2D eigenvalue weighted by atomic mass is 10.2. The number of rotatable bonds is 6. The molecule has 1 rings (SSSR count). The maximum atomic E-state index is 11.9. The molecular weight excluding hydrogens is 205 g/mol. The molecule has 0 aliphatic heterocycles. The van der Waals surface area contributed by atoms with E-state index in [-0.39, 0.29) is 6.42 Å². The second-order valence-corrected chi connectivity index (χ2v) is 3.89. The van der Waals surface area contributed by atoms with Crippen molar-refractivity contribution in [1.82, 2.24) is 4.90 Å². The zero-order chi connectivity index (χ0) is 11.3. The van der Waals surface area contributed by atoms with Gasteiger partial charge in [0.05, 0.1) is 6.07 Å². The van der Waals surface area contributed by atoms with Crippen LogP contribution in [0, 0.1) is 11.3 Å². The van der Waals surface area contributed by atoms with Crippen molar-refractivity contribution >= 4 is 0 Å². The van der Waals surface area contributed by atoms with E-state index in [1.54, 1.807) is 0 Å². The molecule has 0 bridgehead atoms. The molecule has 5 heteroatoms. The van der Waals surface area contributed by atoms with Crippen LogP contribution in [-0.4, -0.2) is 30.2 Å². The standard InChI is InChI=1S/C10H15F3N2/c11-10(12,13)5-1-7-15(8-2-6-14)9-3-4-9/h9H,1-5,7-8H2. The van der Waals surface area contributed by atoms with E-state index < -0.39 is 12.6 Å². The lowest BCUT2D eigenvalue weighted by Gasteiger charge is -2.20. The Morgan fingerprint density at radius 3 is 2.40 bits per heavy atom. The summed E-state index contributed by atoms with van der Waals surface area (Å²) in [4.78, 5) is 2.01. The predicted octanol–water partition coefficient (Wildman–Crippen LogP) is 2.71. The Balaban J connectivity index is 2.17. The molecule has 0 N–H and O–H groups in total. The highest BCUT2D eigenvalue weighted by Gasteiger charge is 2.30. The first-order valence-electron chi connectivity index (χ1n) is 5.20. The quantitative estimate of drug-likeness (QED) is 0.688. The van der Waals surface area contributed by atoms with Crippen molar-refractivity contribution in [2.45, 2.75) is 44.3 Å². The van der Waals surface area contributed by atoms with Gasteiger partial charge in [0.25, 0.3) is 0 Å². The van der Waals surface area contributed by atoms with Gasteiger partial charge in [0.1, 0.15) is 0 Å². The van der Waals surface area contributed by atoms with Gasteiger partial charge in [0.2, 0.25) is 0 Å². The summed E-state index contributed by atoms with van der Waals surface area (Å²) in [5.41, 5.74) is 0. The summed E-state index contributed by atoms with van der Waals surface area (Å²) in [6.07, 6.45) is -2.09. The van der Waals surface area contributed by atoms with Crippen LogP contribution in [0.3, 0.4) is 0 Å². The van der Waals surface area contributed by atoms with E-state index in [4.69, 9.17) is 5.26 Å². The molecule has 1 fully saturated rings. The number of alkyl halides is 3. The van der Waals surface area contributed by atoms with Gasteiger partial charge in [-0.2, -0.15) is 18.4 Å². The van der Waals surface area contributed by atoms with Crippen LogP contribution in [0.4, 0.5) is 13.2 Å². The second kappa shape index (κ2) is 5.36.